The van der Waals surface area contributed by atoms with Crippen LogP contribution in [0, 0.1) is 0 Å². The molecular formula is C26H19N5O4. The molecule has 0 bridgehead atoms. The Morgan fingerprint density at radius 3 is 2.54 bits per heavy atom. The molecule has 5 rings (SSSR count). The number of pyridine rings is 1. The fraction of sp³-hybridized carbons (Fsp3) is 0.0385. The number of rotatable bonds is 6. The number of benzene rings is 3. The smallest absolute Gasteiger partial charge is 0.271 e. The molecule has 35 heavy (non-hydrogen) atoms. The van der Waals surface area contributed by atoms with Gasteiger partial charge in [0.1, 0.15) is 11.5 Å². The number of methoxy groups -OCH3 is 1. The van der Waals surface area contributed by atoms with Crippen LogP contribution in [0.1, 0.15) is 15.9 Å². The molecule has 9 heteroatoms. The topological polar surface area (TPSA) is 123 Å². The average Bonchev–Trinajstić information content (AvgIpc) is 3.40. The lowest BCUT2D eigenvalue weighted by atomic mass is 10.1. The second-order valence-corrected chi connectivity index (χ2v) is 7.52. The van der Waals surface area contributed by atoms with Gasteiger partial charge in [0.05, 0.1) is 18.8 Å². The van der Waals surface area contributed by atoms with E-state index in [9.17, 15) is 9.90 Å². The summed E-state index contributed by atoms with van der Waals surface area (Å²) in [4.78, 5) is 16.7. The molecule has 0 saturated heterocycles. The Hall–Kier alpha value is -5.05. The quantitative estimate of drug-likeness (QED) is 0.281. The number of carbonyl (C=O) groups is 1. The van der Waals surface area contributed by atoms with Crippen molar-refractivity contribution >= 4 is 23.0 Å². The highest BCUT2D eigenvalue weighted by atomic mass is 16.5. The molecule has 9 nitrogen and oxygen atoms in total. The van der Waals surface area contributed by atoms with Gasteiger partial charge >= 0.3 is 0 Å². The summed E-state index contributed by atoms with van der Waals surface area (Å²) in [6, 6.07) is 21.0. The highest BCUT2D eigenvalue weighted by Crippen LogP contribution is 2.26. The predicted molar refractivity (Wildman–Crippen MR) is 130 cm³/mol. The zero-order valence-corrected chi connectivity index (χ0v) is 18.5. The zero-order valence-electron chi connectivity index (χ0n) is 18.5. The Bertz CT molecular complexity index is 1540. The van der Waals surface area contributed by atoms with Crippen molar-refractivity contribution in [2.45, 2.75) is 0 Å². The number of carbonyl (C=O) groups excluding carboxylic acids is 1. The molecular weight excluding hydrogens is 446 g/mol. The van der Waals surface area contributed by atoms with Crippen LogP contribution in [-0.4, -0.2) is 39.5 Å². The lowest BCUT2D eigenvalue weighted by Gasteiger charge is -2.03. The monoisotopic (exact) mass is 465 g/mol. The minimum atomic E-state index is -0.406. The number of fused-ring (bicyclic) bond motifs is 1. The molecule has 0 fully saturated rings. The number of aromatic hydroxyl groups is 1. The highest BCUT2D eigenvalue weighted by molar-refractivity contribution is 5.95. The van der Waals surface area contributed by atoms with E-state index in [2.05, 4.69) is 25.7 Å². The van der Waals surface area contributed by atoms with Crippen LogP contribution in [0.3, 0.4) is 0 Å². The lowest BCUT2D eigenvalue weighted by Crippen LogP contribution is -2.17. The molecule has 0 aliphatic carbocycles. The zero-order chi connectivity index (χ0) is 24.2. The van der Waals surface area contributed by atoms with Gasteiger partial charge in [-0.2, -0.15) is 5.10 Å². The molecule has 2 heterocycles. The van der Waals surface area contributed by atoms with E-state index in [1.165, 1.54) is 19.4 Å². The Morgan fingerprint density at radius 2 is 1.77 bits per heavy atom. The van der Waals surface area contributed by atoms with Gasteiger partial charge in [-0.15, -0.1) is 10.2 Å². The summed E-state index contributed by atoms with van der Waals surface area (Å²) in [5, 5.41) is 23.1. The van der Waals surface area contributed by atoms with Crippen molar-refractivity contribution in [2.75, 3.05) is 7.11 Å². The van der Waals surface area contributed by atoms with Crippen LogP contribution in [-0.2, 0) is 0 Å². The minimum absolute atomic E-state index is 0.00835. The number of phenols is 1. The predicted octanol–water partition coefficient (Wildman–Crippen LogP) is 4.43. The van der Waals surface area contributed by atoms with Crippen molar-refractivity contribution in [3.8, 4) is 34.4 Å². The van der Waals surface area contributed by atoms with E-state index in [0.717, 1.165) is 16.5 Å². The summed E-state index contributed by atoms with van der Waals surface area (Å²) in [7, 11) is 1.51. The SMILES string of the molecule is COc1ccc(/C=N/NC(=O)c2ccc(-c3nnc(-c4ccc5ncccc5c4)o3)cc2)c(O)c1. The molecule has 0 unspecified atom stereocenters. The van der Waals surface area contributed by atoms with Crippen LogP contribution in [0.2, 0.25) is 0 Å². The van der Waals surface area contributed by atoms with Gasteiger partial charge in [0.25, 0.3) is 5.91 Å². The number of hydrogen-bond acceptors (Lipinski definition) is 8. The maximum atomic E-state index is 12.4. The Balaban J connectivity index is 1.26. The first-order valence-corrected chi connectivity index (χ1v) is 10.6. The van der Waals surface area contributed by atoms with Crippen molar-refractivity contribution in [2.24, 2.45) is 5.10 Å². The molecule has 3 aromatic carbocycles. The van der Waals surface area contributed by atoms with Gasteiger partial charge in [-0.1, -0.05) is 6.07 Å². The van der Waals surface area contributed by atoms with E-state index >= 15 is 0 Å². The fourth-order valence-corrected chi connectivity index (χ4v) is 3.41. The molecule has 0 aliphatic rings. The van der Waals surface area contributed by atoms with Crippen molar-refractivity contribution in [3.05, 3.63) is 90.1 Å². The van der Waals surface area contributed by atoms with Gasteiger partial charge in [0.15, 0.2) is 0 Å². The van der Waals surface area contributed by atoms with Crippen molar-refractivity contribution in [1.82, 2.24) is 20.6 Å². The first-order chi connectivity index (χ1) is 17.1. The Labute approximate surface area is 199 Å². The maximum absolute atomic E-state index is 12.4. The standard InChI is InChI=1S/C26H19N5O4/c1-34-21-10-8-20(23(32)14-21)15-28-29-24(33)16-4-6-17(7-5-16)25-30-31-26(35-25)19-9-11-22-18(13-19)3-2-12-27-22/h2-15,32H,1H3,(H,29,33)/b28-15+. The summed E-state index contributed by atoms with van der Waals surface area (Å²) < 4.78 is 10.9. The Kier molecular flexibility index (Phi) is 5.87. The van der Waals surface area contributed by atoms with Crippen LogP contribution in [0.25, 0.3) is 33.8 Å². The van der Waals surface area contributed by atoms with Crippen molar-refractivity contribution in [3.63, 3.8) is 0 Å². The van der Waals surface area contributed by atoms with E-state index < -0.39 is 5.91 Å². The number of amides is 1. The van der Waals surface area contributed by atoms with Gasteiger partial charge < -0.3 is 14.3 Å². The number of phenolic OH excluding ortho intramolecular Hbond substituents is 1. The summed E-state index contributed by atoms with van der Waals surface area (Å²) in [6.45, 7) is 0. The molecule has 0 saturated carbocycles. The van der Waals surface area contributed by atoms with E-state index in [1.54, 1.807) is 42.6 Å². The van der Waals surface area contributed by atoms with E-state index in [4.69, 9.17) is 9.15 Å². The van der Waals surface area contributed by atoms with Gasteiger partial charge in [-0.3, -0.25) is 9.78 Å². The molecule has 5 aromatic rings. The number of hydrogen-bond donors (Lipinski definition) is 2. The lowest BCUT2D eigenvalue weighted by molar-refractivity contribution is 0.0955. The van der Waals surface area contributed by atoms with Crippen LogP contribution in [0.15, 0.2) is 88.5 Å². The van der Waals surface area contributed by atoms with E-state index in [1.807, 2.05) is 30.3 Å². The normalized spacial score (nSPS) is 11.1. The van der Waals surface area contributed by atoms with Crippen LogP contribution >= 0.6 is 0 Å². The van der Waals surface area contributed by atoms with Crippen LogP contribution < -0.4 is 10.2 Å². The fourth-order valence-electron chi connectivity index (χ4n) is 3.41. The maximum Gasteiger partial charge on any atom is 0.271 e. The van der Waals surface area contributed by atoms with E-state index in [0.29, 0.717) is 34.2 Å². The molecule has 172 valence electrons. The number of nitrogens with zero attached hydrogens (tertiary/aromatic N) is 4. The molecule has 2 N–H and O–H groups in total. The van der Waals surface area contributed by atoms with Gasteiger partial charge in [0.2, 0.25) is 11.8 Å². The van der Waals surface area contributed by atoms with E-state index in [-0.39, 0.29) is 5.75 Å². The highest BCUT2D eigenvalue weighted by Gasteiger charge is 2.12. The third kappa shape index (κ3) is 4.69. The minimum Gasteiger partial charge on any atom is -0.507 e. The molecule has 0 aliphatic heterocycles. The van der Waals surface area contributed by atoms with Crippen LogP contribution in [0.4, 0.5) is 0 Å². The molecule has 2 aromatic heterocycles. The van der Waals surface area contributed by atoms with Crippen LogP contribution in [0.5, 0.6) is 11.5 Å². The summed E-state index contributed by atoms with van der Waals surface area (Å²) in [5.41, 5.74) is 5.62. The molecule has 1 amide bonds. The number of ether oxygens (including phenoxy) is 1. The van der Waals surface area contributed by atoms with Crippen molar-refractivity contribution < 1.29 is 19.1 Å². The number of aromatic nitrogens is 3. The third-order valence-electron chi connectivity index (χ3n) is 5.28. The Morgan fingerprint density at radius 1 is 1.00 bits per heavy atom. The average molecular weight is 465 g/mol. The van der Waals surface area contributed by atoms with Gasteiger partial charge in [0, 0.05) is 39.9 Å². The first-order valence-electron chi connectivity index (χ1n) is 10.6. The third-order valence-corrected chi connectivity index (χ3v) is 5.28. The number of hydrazone groups is 1. The summed E-state index contributed by atoms with van der Waals surface area (Å²) >= 11 is 0. The largest absolute Gasteiger partial charge is 0.507 e. The van der Waals surface area contributed by atoms with Crippen molar-refractivity contribution in [1.29, 1.82) is 0 Å². The number of nitrogens with one attached hydrogen (secondary N) is 1. The molecule has 0 spiro atoms. The summed E-state index contributed by atoms with van der Waals surface area (Å²) in [6.07, 6.45) is 3.10. The molecule has 0 atom stereocenters. The summed E-state index contributed by atoms with van der Waals surface area (Å²) in [5.74, 6) is 0.837. The van der Waals surface area contributed by atoms with Gasteiger partial charge in [-0.25, -0.2) is 5.43 Å². The van der Waals surface area contributed by atoms with Gasteiger partial charge in [-0.05, 0) is 60.7 Å². The first kappa shape index (κ1) is 21.8. The second kappa shape index (κ2) is 9.44. The molecule has 0 radical (unpaired) electrons. The second-order valence-electron chi connectivity index (χ2n) is 7.52.